The lowest BCUT2D eigenvalue weighted by Crippen LogP contribution is -2.05. The molecule has 3 heterocycles. The first-order valence-corrected chi connectivity index (χ1v) is 7.65. The highest BCUT2D eigenvalue weighted by Crippen LogP contribution is 2.35. The first-order valence-electron chi connectivity index (χ1n) is 7.65. The van der Waals surface area contributed by atoms with Gasteiger partial charge in [0.15, 0.2) is 5.65 Å². The zero-order chi connectivity index (χ0) is 14.2. The lowest BCUT2D eigenvalue weighted by molar-refractivity contribution is 0.443. The lowest BCUT2D eigenvalue weighted by atomic mass is 9.84. The Kier molecular flexibility index (Phi) is 2.98. The van der Waals surface area contributed by atoms with E-state index in [0.717, 1.165) is 22.3 Å². The number of pyridine rings is 1. The van der Waals surface area contributed by atoms with Gasteiger partial charge in [0, 0.05) is 30.4 Å². The van der Waals surface area contributed by atoms with Crippen LogP contribution in [0.15, 0.2) is 24.7 Å². The van der Waals surface area contributed by atoms with Crippen LogP contribution in [0.25, 0.3) is 22.3 Å². The van der Waals surface area contributed by atoms with E-state index < -0.39 is 0 Å². The van der Waals surface area contributed by atoms with Crippen molar-refractivity contribution in [1.82, 2.24) is 25.0 Å². The second kappa shape index (κ2) is 4.98. The van der Waals surface area contributed by atoms with Gasteiger partial charge in [-0.15, -0.1) is 0 Å². The first-order chi connectivity index (χ1) is 10.3. The molecule has 1 saturated carbocycles. The van der Waals surface area contributed by atoms with Crippen molar-refractivity contribution in [1.29, 1.82) is 0 Å². The van der Waals surface area contributed by atoms with Gasteiger partial charge in [-0.2, -0.15) is 10.2 Å². The van der Waals surface area contributed by atoms with Gasteiger partial charge < -0.3 is 0 Å². The zero-order valence-corrected chi connectivity index (χ0v) is 12.2. The smallest absolute Gasteiger partial charge is 0.158 e. The summed E-state index contributed by atoms with van der Waals surface area (Å²) in [5.74, 6) is 0.660. The molecular formula is C16H19N5. The summed E-state index contributed by atoms with van der Waals surface area (Å²) >= 11 is 0. The minimum Gasteiger partial charge on any atom is -0.285 e. The summed E-state index contributed by atoms with van der Waals surface area (Å²) in [6, 6.07) is 2.29. The van der Waals surface area contributed by atoms with Gasteiger partial charge in [-0.25, -0.2) is 9.67 Å². The van der Waals surface area contributed by atoms with Crippen molar-refractivity contribution < 1.29 is 0 Å². The Morgan fingerprint density at radius 1 is 1.19 bits per heavy atom. The number of hydrogen-bond acceptors (Lipinski definition) is 3. The average molecular weight is 281 g/mol. The molecule has 1 aliphatic rings. The minimum absolute atomic E-state index is 0.660. The summed E-state index contributed by atoms with van der Waals surface area (Å²) in [4.78, 5) is 4.66. The van der Waals surface area contributed by atoms with Crippen molar-refractivity contribution in [3.8, 4) is 11.3 Å². The predicted molar refractivity (Wildman–Crippen MR) is 81.9 cm³/mol. The number of aromatic amines is 1. The topological polar surface area (TPSA) is 59.4 Å². The average Bonchev–Trinajstić information content (AvgIpc) is 3.16. The molecule has 0 spiro atoms. The van der Waals surface area contributed by atoms with Crippen LogP contribution in [0, 0.1) is 0 Å². The maximum Gasteiger partial charge on any atom is 0.158 e. The Bertz CT molecular complexity index is 750. The van der Waals surface area contributed by atoms with Crippen molar-refractivity contribution >= 4 is 11.0 Å². The fraction of sp³-hybridized carbons (Fsp3) is 0.438. The van der Waals surface area contributed by atoms with Gasteiger partial charge in [0.2, 0.25) is 0 Å². The molecule has 1 fully saturated rings. The Balaban J connectivity index is 1.84. The molecule has 1 aliphatic carbocycles. The molecular weight excluding hydrogens is 262 g/mol. The Morgan fingerprint density at radius 2 is 2.05 bits per heavy atom. The molecule has 0 aliphatic heterocycles. The van der Waals surface area contributed by atoms with Gasteiger partial charge in [0.1, 0.15) is 5.69 Å². The number of aromatic nitrogens is 5. The van der Waals surface area contributed by atoms with Crippen molar-refractivity contribution in [3.05, 3.63) is 30.2 Å². The molecule has 5 heteroatoms. The Hall–Kier alpha value is -2.17. The van der Waals surface area contributed by atoms with Crippen molar-refractivity contribution in [2.24, 2.45) is 7.05 Å². The van der Waals surface area contributed by atoms with Crippen LogP contribution >= 0.6 is 0 Å². The molecule has 3 aromatic rings. The summed E-state index contributed by atoms with van der Waals surface area (Å²) < 4.78 is 1.85. The molecule has 4 rings (SSSR count). The largest absolute Gasteiger partial charge is 0.285 e. The van der Waals surface area contributed by atoms with Gasteiger partial charge in [-0.05, 0) is 30.4 Å². The minimum atomic E-state index is 0.660. The van der Waals surface area contributed by atoms with Gasteiger partial charge >= 0.3 is 0 Å². The SMILES string of the molecule is Cn1nc(-c2cn[nH]c2)c2cc(C3CCCCC3)cnc21. The summed E-state index contributed by atoms with van der Waals surface area (Å²) in [6.07, 6.45) is 12.4. The number of hydrogen-bond donors (Lipinski definition) is 1. The maximum absolute atomic E-state index is 4.66. The molecule has 0 atom stereocenters. The van der Waals surface area contributed by atoms with Gasteiger partial charge in [0.05, 0.1) is 6.20 Å². The number of fused-ring (bicyclic) bond motifs is 1. The second-order valence-electron chi connectivity index (χ2n) is 5.93. The molecule has 1 N–H and O–H groups in total. The third-order valence-corrected chi connectivity index (χ3v) is 4.55. The highest BCUT2D eigenvalue weighted by Gasteiger charge is 2.19. The number of H-pyrrole nitrogens is 1. The molecule has 5 nitrogen and oxygen atoms in total. The number of rotatable bonds is 2. The number of nitrogens with one attached hydrogen (secondary N) is 1. The molecule has 0 amide bonds. The fourth-order valence-corrected chi connectivity index (χ4v) is 3.41. The van der Waals surface area contributed by atoms with Crippen molar-refractivity contribution in [3.63, 3.8) is 0 Å². The molecule has 0 aromatic carbocycles. The van der Waals surface area contributed by atoms with E-state index in [2.05, 4.69) is 26.3 Å². The summed E-state index contributed by atoms with van der Waals surface area (Å²) in [6.45, 7) is 0. The predicted octanol–water partition coefficient (Wildman–Crippen LogP) is 3.41. The van der Waals surface area contributed by atoms with E-state index in [9.17, 15) is 0 Å². The van der Waals surface area contributed by atoms with E-state index in [1.165, 1.54) is 37.7 Å². The van der Waals surface area contributed by atoms with Crippen LogP contribution < -0.4 is 0 Å². The summed E-state index contributed by atoms with van der Waals surface area (Å²) in [7, 11) is 1.94. The molecule has 108 valence electrons. The highest BCUT2D eigenvalue weighted by molar-refractivity contribution is 5.91. The third-order valence-electron chi connectivity index (χ3n) is 4.55. The quantitative estimate of drug-likeness (QED) is 0.783. The molecule has 0 saturated heterocycles. The molecule has 0 bridgehead atoms. The number of nitrogens with zero attached hydrogens (tertiary/aromatic N) is 4. The monoisotopic (exact) mass is 281 g/mol. The Morgan fingerprint density at radius 3 is 2.81 bits per heavy atom. The van der Waals surface area contributed by atoms with Crippen LogP contribution in [0.3, 0.4) is 0 Å². The van der Waals surface area contributed by atoms with E-state index in [4.69, 9.17) is 0 Å². The highest BCUT2D eigenvalue weighted by atomic mass is 15.3. The summed E-state index contributed by atoms with van der Waals surface area (Å²) in [5.41, 5.74) is 4.28. The summed E-state index contributed by atoms with van der Waals surface area (Å²) in [5, 5.41) is 12.6. The van der Waals surface area contributed by atoms with E-state index >= 15 is 0 Å². The van der Waals surface area contributed by atoms with E-state index in [1.807, 2.05) is 30.3 Å². The van der Waals surface area contributed by atoms with Gasteiger partial charge in [-0.3, -0.25) is 5.10 Å². The van der Waals surface area contributed by atoms with Crippen molar-refractivity contribution in [2.75, 3.05) is 0 Å². The van der Waals surface area contributed by atoms with Gasteiger partial charge in [0.25, 0.3) is 0 Å². The number of aryl methyl sites for hydroxylation is 1. The van der Waals surface area contributed by atoms with E-state index in [1.54, 1.807) is 0 Å². The zero-order valence-electron chi connectivity index (χ0n) is 12.2. The van der Waals surface area contributed by atoms with E-state index in [0.29, 0.717) is 5.92 Å². The normalized spacial score (nSPS) is 16.6. The van der Waals surface area contributed by atoms with E-state index in [-0.39, 0.29) is 0 Å². The molecule has 0 radical (unpaired) electrons. The second-order valence-corrected chi connectivity index (χ2v) is 5.93. The lowest BCUT2D eigenvalue weighted by Gasteiger charge is -2.21. The first kappa shape index (κ1) is 12.6. The van der Waals surface area contributed by atoms with Crippen LogP contribution in [0.2, 0.25) is 0 Å². The van der Waals surface area contributed by atoms with Crippen LogP contribution in [0.1, 0.15) is 43.6 Å². The third kappa shape index (κ3) is 2.13. The van der Waals surface area contributed by atoms with Crippen LogP contribution in [-0.4, -0.2) is 25.0 Å². The van der Waals surface area contributed by atoms with Crippen LogP contribution in [-0.2, 0) is 7.05 Å². The van der Waals surface area contributed by atoms with Crippen LogP contribution in [0.4, 0.5) is 0 Å². The maximum atomic E-state index is 4.66. The van der Waals surface area contributed by atoms with Crippen molar-refractivity contribution in [2.45, 2.75) is 38.0 Å². The molecule has 3 aromatic heterocycles. The standard InChI is InChI=1S/C16H19N5/c1-21-16-14(15(20-21)13-9-18-19-10-13)7-12(8-17-16)11-5-3-2-4-6-11/h7-11H,2-6H2,1H3,(H,18,19). The Labute approximate surface area is 123 Å². The molecule has 0 unspecified atom stereocenters. The fourth-order valence-electron chi connectivity index (χ4n) is 3.41. The van der Waals surface area contributed by atoms with Gasteiger partial charge in [-0.1, -0.05) is 19.3 Å². The molecule has 21 heavy (non-hydrogen) atoms. The van der Waals surface area contributed by atoms with Crippen LogP contribution in [0.5, 0.6) is 0 Å².